The van der Waals surface area contributed by atoms with Gasteiger partial charge in [-0.05, 0) is 90.6 Å². The Hall–Kier alpha value is -5.49. The summed E-state index contributed by atoms with van der Waals surface area (Å²) in [4.78, 5) is 13.8. The van der Waals surface area contributed by atoms with Crippen LogP contribution in [0.15, 0.2) is 110 Å². The topological polar surface area (TPSA) is 66.4 Å². The molecule has 3 aromatic heterocycles. The standard InChI is InChI=1S/C39H33N3O3/c1-25-31(22-43-34-16-4-10-28-13-7-19-40-37(28)34)26(2)33(24-45-36-18-6-12-30-15-9-21-42-39(30)36)27(3)32(25)23-44-35-17-5-11-29-14-8-20-41-38(29)35/h4-21H,22-24H2,1-3H3. The maximum atomic E-state index is 6.49. The van der Waals surface area contributed by atoms with Gasteiger partial charge in [0.15, 0.2) is 0 Å². The molecule has 7 rings (SSSR count). The van der Waals surface area contributed by atoms with Crippen LogP contribution in [0.2, 0.25) is 0 Å². The van der Waals surface area contributed by atoms with E-state index in [0.717, 1.165) is 83.3 Å². The summed E-state index contributed by atoms with van der Waals surface area (Å²) >= 11 is 0. The SMILES string of the molecule is Cc1c(COc2cccc3cccnc23)c(C)c(COc2cccc3cccnc23)c(C)c1COc1cccc2cccnc12. The molecule has 0 aliphatic carbocycles. The van der Waals surface area contributed by atoms with Crippen LogP contribution in [0.4, 0.5) is 0 Å². The summed E-state index contributed by atoms with van der Waals surface area (Å²) in [6, 6.07) is 30.0. The average molecular weight is 592 g/mol. The molecule has 6 heteroatoms. The lowest BCUT2D eigenvalue weighted by Crippen LogP contribution is -2.13. The molecule has 0 aliphatic heterocycles. The highest BCUT2D eigenvalue weighted by Crippen LogP contribution is 2.33. The maximum Gasteiger partial charge on any atom is 0.146 e. The number of nitrogens with zero attached hydrogens (tertiary/aromatic N) is 3. The van der Waals surface area contributed by atoms with Gasteiger partial charge in [-0.3, -0.25) is 15.0 Å². The molecule has 0 atom stereocenters. The molecule has 0 unspecified atom stereocenters. The van der Waals surface area contributed by atoms with E-state index in [1.54, 1.807) is 18.6 Å². The van der Waals surface area contributed by atoms with E-state index in [1.165, 1.54) is 0 Å². The summed E-state index contributed by atoms with van der Waals surface area (Å²) in [5.41, 5.74) is 9.30. The van der Waals surface area contributed by atoms with Crippen molar-refractivity contribution in [2.24, 2.45) is 0 Å². The Bertz CT molecular complexity index is 1890. The molecule has 0 amide bonds. The first kappa shape index (κ1) is 28.3. The Balaban J connectivity index is 1.26. The van der Waals surface area contributed by atoms with E-state index in [4.69, 9.17) is 14.2 Å². The fraction of sp³-hybridized carbons (Fsp3) is 0.154. The number of benzene rings is 4. The van der Waals surface area contributed by atoms with Gasteiger partial charge in [-0.15, -0.1) is 0 Å². The zero-order valence-corrected chi connectivity index (χ0v) is 25.6. The van der Waals surface area contributed by atoms with Crippen LogP contribution in [0.1, 0.15) is 33.4 Å². The lowest BCUT2D eigenvalue weighted by atomic mass is 9.89. The summed E-state index contributed by atoms with van der Waals surface area (Å²) in [6.45, 7) is 7.62. The third kappa shape index (κ3) is 5.51. The van der Waals surface area contributed by atoms with Crippen molar-refractivity contribution in [1.82, 2.24) is 15.0 Å². The third-order valence-electron chi connectivity index (χ3n) is 8.62. The van der Waals surface area contributed by atoms with Gasteiger partial charge < -0.3 is 14.2 Å². The second kappa shape index (κ2) is 12.2. The Morgan fingerprint density at radius 1 is 0.400 bits per heavy atom. The minimum Gasteiger partial charge on any atom is -0.487 e. The monoisotopic (exact) mass is 591 g/mol. The van der Waals surface area contributed by atoms with Crippen LogP contribution in [-0.2, 0) is 19.8 Å². The second-order valence-corrected chi connectivity index (χ2v) is 11.2. The van der Waals surface area contributed by atoms with Gasteiger partial charge in [0.1, 0.15) is 53.6 Å². The van der Waals surface area contributed by atoms with Crippen LogP contribution < -0.4 is 14.2 Å². The van der Waals surface area contributed by atoms with Gasteiger partial charge in [0, 0.05) is 34.7 Å². The van der Waals surface area contributed by atoms with Crippen LogP contribution in [-0.4, -0.2) is 15.0 Å². The summed E-state index contributed by atoms with van der Waals surface area (Å²) in [6.07, 6.45) is 5.40. The largest absolute Gasteiger partial charge is 0.487 e. The fourth-order valence-electron chi connectivity index (χ4n) is 6.07. The molecule has 3 heterocycles. The van der Waals surface area contributed by atoms with E-state index >= 15 is 0 Å². The molecule has 6 nitrogen and oxygen atoms in total. The van der Waals surface area contributed by atoms with E-state index in [1.807, 2.05) is 91.0 Å². The molecular weight excluding hydrogens is 558 g/mol. The Labute approximate surface area is 262 Å². The number of aromatic nitrogens is 3. The van der Waals surface area contributed by atoms with Crippen molar-refractivity contribution in [3.8, 4) is 17.2 Å². The molecule has 0 bridgehead atoms. The predicted molar refractivity (Wildman–Crippen MR) is 179 cm³/mol. The van der Waals surface area contributed by atoms with Gasteiger partial charge in [0.05, 0.1) is 0 Å². The van der Waals surface area contributed by atoms with Gasteiger partial charge in [-0.25, -0.2) is 0 Å². The molecular formula is C39H33N3O3. The van der Waals surface area contributed by atoms with Crippen molar-refractivity contribution in [2.75, 3.05) is 0 Å². The molecule has 0 saturated heterocycles. The number of pyridine rings is 3. The minimum atomic E-state index is 0.388. The van der Waals surface area contributed by atoms with Crippen molar-refractivity contribution in [2.45, 2.75) is 40.6 Å². The fourth-order valence-corrected chi connectivity index (χ4v) is 6.07. The first-order valence-electron chi connectivity index (χ1n) is 15.1. The van der Waals surface area contributed by atoms with Crippen molar-refractivity contribution >= 4 is 32.7 Å². The first-order valence-corrected chi connectivity index (χ1v) is 15.1. The first-order chi connectivity index (χ1) is 22.1. The zero-order valence-electron chi connectivity index (χ0n) is 25.6. The molecule has 7 aromatic rings. The Morgan fingerprint density at radius 2 is 0.689 bits per heavy atom. The van der Waals surface area contributed by atoms with Crippen LogP contribution in [0.5, 0.6) is 17.2 Å². The molecule has 0 saturated carbocycles. The molecule has 0 radical (unpaired) electrons. The molecule has 0 spiro atoms. The van der Waals surface area contributed by atoms with Gasteiger partial charge in [-0.2, -0.15) is 0 Å². The van der Waals surface area contributed by atoms with E-state index in [0.29, 0.717) is 19.8 Å². The van der Waals surface area contributed by atoms with Crippen LogP contribution in [0.25, 0.3) is 32.7 Å². The van der Waals surface area contributed by atoms with Gasteiger partial charge in [0.2, 0.25) is 0 Å². The normalized spacial score (nSPS) is 11.3. The number of fused-ring (bicyclic) bond motifs is 3. The number of ether oxygens (including phenoxy) is 3. The smallest absolute Gasteiger partial charge is 0.146 e. The summed E-state index contributed by atoms with van der Waals surface area (Å²) in [5.74, 6) is 2.27. The molecule has 0 N–H and O–H groups in total. The van der Waals surface area contributed by atoms with E-state index < -0.39 is 0 Å². The number of hydrogen-bond acceptors (Lipinski definition) is 6. The Morgan fingerprint density at radius 3 is 1.00 bits per heavy atom. The summed E-state index contributed by atoms with van der Waals surface area (Å²) in [7, 11) is 0. The van der Waals surface area contributed by atoms with E-state index in [9.17, 15) is 0 Å². The molecule has 4 aromatic carbocycles. The van der Waals surface area contributed by atoms with Crippen LogP contribution in [0, 0.1) is 20.8 Å². The lowest BCUT2D eigenvalue weighted by Gasteiger charge is -2.23. The second-order valence-electron chi connectivity index (χ2n) is 11.2. The predicted octanol–water partition coefficient (Wildman–Crippen LogP) is 8.99. The van der Waals surface area contributed by atoms with Gasteiger partial charge in [0.25, 0.3) is 0 Å². The van der Waals surface area contributed by atoms with Crippen molar-refractivity contribution in [1.29, 1.82) is 0 Å². The van der Waals surface area contributed by atoms with E-state index in [2.05, 4.69) is 35.7 Å². The summed E-state index contributed by atoms with van der Waals surface area (Å²) < 4.78 is 19.5. The molecule has 0 aliphatic rings. The van der Waals surface area contributed by atoms with Crippen LogP contribution >= 0.6 is 0 Å². The van der Waals surface area contributed by atoms with Crippen molar-refractivity contribution in [3.63, 3.8) is 0 Å². The highest BCUT2D eigenvalue weighted by Gasteiger charge is 2.20. The molecule has 45 heavy (non-hydrogen) atoms. The van der Waals surface area contributed by atoms with Crippen molar-refractivity contribution < 1.29 is 14.2 Å². The summed E-state index contributed by atoms with van der Waals surface area (Å²) in [5, 5.41) is 3.13. The molecule has 0 fully saturated rings. The maximum absolute atomic E-state index is 6.49. The van der Waals surface area contributed by atoms with Crippen molar-refractivity contribution in [3.05, 3.63) is 143 Å². The third-order valence-corrected chi connectivity index (χ3v) is 8.62. The number of para-hydroxylation sites is 3. The highest BCUT2D eigenvalue weighted by molar-refractivity contribution is 5.85. The van der Waals surface area contributed by atoms with Gasteiger partial charge in [-0.1, -0.05) is 54.6 Å². The Kier molecular flexibility index (Phi) is 7.70. The van der Waals surface area contributed by atoms with Gasteiger partial charge >= 0.3 is 0 Å². The zero-order chi connectivity index (χ0) is 30.8. The molecule has 222 valence electrons. The highest BCUT2D eigenvalue weighted by atomic mass is 16.5. The quantitative estimate of drug-likeness (QED) is 0.167. The minimum absolute atomic E-state index is 0.388. The number of rotatable bonds is 9. The number of hydrogen-bond donors (Lipinski definition) is 0. The van der Waals surface area contributed by atoms with Crippen LogP contribution in [0.3, 0.4) is 0 Å². The lowest BCUT2D eigenvalue weighted by molar-refractivity contribution is 0.293. The van der Waals surface area contributed by atoms with E-state index in [-0.39, 0.29) is 0 Å². The average Bonchev–Trinajstić information content (AvgIpc) is 3.08.